The minimum Gasteiger partial charge on any atom is -0.486 e. The standard InChI is InChI=1S/C17H15NO6S/c1-11-2-4-13(5-3-11)25(19,20)23-9-12-8-21-15-7-6-14-16(17(15)24-12)22-10-18-14/h2-7,10,12H,8-9H2,1H3/t12-/m1/s1. The lowest BCUT2D eigenvalue weighted by Crippen LogP contribution is -2.34. The largest absolute Gasteiger partial charge is 0.486 e. The molecular formula is C17H15NO6S. The van der Waals surface area contributed by atoms with Crippen molar-refractivity contribution >= 4 is 21.2 Å². The average Bonchev–Trinajstić information content (AvgIpc) is 3.09. The van der Waals surface area contributed by atoms with Crippen molar-refractivity contribution < 1.29 is 26.5 Å². The van der Waals surface area contributed by atoms with Gasteiger partial charge in [-0.15, -0.1) is 0 Å². The van der Waals surface area contributed by atoms with E-state index in [1.165, 1.54) is 18.5 Å². The molecule has 0 unspecified atom stereocenters. The van der Waals surface area contributed by atoms with Gasteiger partial charge in [0.25, 0.3) is 10.1 Å². The highest BCUT2D eigenvalue weighted by molar-refractivity contribution is 7.86. The molecule has 2 heterocycles. The number of hydrogen-bond acceptors (Lipinski definition) is 7. The van der Waals surface area contributed by atoms with Crippen LogP contribution in [0.1, 0.15) is 5.56 Å². The zero-order valence-corrected chi connectivity index (χ0v) is 14.2. The van der Waals surface area contributed by atoms with E-state index in [-0.39, 0.29) is 18.1 Å². The van der Waals surface area contributed by atoms with Gasteiger partial charge in [0.05, 0.1) is 4.90 Å². The normalized spacial score (nSPS) is 16.9. The molecule has 2 aromatic carbocycles. The third-order valence-electron chi connectivity index (χ3n) is 3.85. The van der Waals surface area contributed by atoms with Gasteiger partial charge in [-0.3, -0.25) is 4.18 Å². The number of aromatic nitrogens is 1. The van der Waals surface area contributed by atoms with Gasteiger partial charge in [-0.1, -0.05) is 17.7 Å². The second-order valence-electron chi connectivity index (χ2n) is 5.70. The predicted octanol–water partition coefficient (Wildman–Crippen LogP) is 2.68. The van der Waals surface area contributed by atoms with E-state index in [2.05, 4.69) is 4.98 Å². The highest BCUT2D eigenvalue weighted by atomic mass is 32.2. The second kappa shape index (κ2) is 6.05. The van der Waals surface area contributed by atoms with Crippen LogP contribution in [0.4, 0.5) is 0 Å². The minimum atomic E-state index is -3.86. The number of fused-ring (bicyclic) bond motifs is 3. The Bertz CT molecular complexity index is 1010. The maximum Gasteiger partial charge on any atom is 0.297 e. The highest BCUT2D eigenvalue weighted by Crippen LogP contribution is 2.38. The van der Waals surface area contributed by atoms with E-state index in [1.54, 1.807) is 24.3 Å². The molecule has 1 atom stereocenters. The van der Waals surface area contributed by atoms with Crippen molar-refractivity contribution in [2.24, 2.45) is 0 Å². The molecule has 0 aliphatic carbocycles. The lowest BCUT2D eigenvalue weighted by atomic mass is 10.2. The van der Waals surface area contributed by atoms with Crippen LogP contribution in [0, 0.1) is 6.92 Å². The molecule has 0 fully saturated rings. The summed E-state index contributed by atoms with van der Waals surface area (Å²) >= 11 is 0. The van der Waals surface area contributed by atoms with Gasteiger partial charge in [0, 0.05) is 0 Å². The number of benzene rings is 2. The van der Waals surface area contributed by atoms with Gasteiger partial charge in [-0.2, -0.15) is 8.42 Å². The van der Waals surface area contributed by atoms with E-state index in [4.69, 9.17) is 18.1 Å². The van der Waals surface area contributed by atoms with Crippen LogP contribution >= 0.6 is 0 Å². The molecule has 130 valence electrons. The van der Waals surface area contributed by atoms with Crippen molar-refractivity contribution in [3.8, 4) is 11.5 Å². The van der Waals surface area contributed by atoms with Gasteiger partial charge in [0.15, 0.2) is 23.8 Å². The molecule has 3 aromatic rings. The van der Waals surface area contributed by atoms with Crippen LogP contribution in [0.25, 0.3) is 11.1 Å². The second-order valence-corrected chi connectivity index (χ2v) is 7.31. The zero-order valence-electron chi connectivity index (χ0n) is 13.3. The first-order chi connectivity index (χ1) is 12.0. The molecule has 0 saturated heterocycles. The number of aryl methyl sites for hydroxylation is 1. The average molecular weight is 361 g/mol. The first kappa shape index (κ1) is 15.9. The van der Waals surface area contributed by atoms with Crippen LogP contribution in [-0.4, -0.2) is 32.7 Å². The van der Waals surface area contributed by atoms with E-state index >= 15 is 0 Å². The van der Waals surface area contributed by atoms with Crippen LogP contribution in [0.5, 0.6) is 11.5 Å². The molecule has 4 rings (SSSR count). The third kappa shape index (κ3) is 3.06. The van der Waals surface area contributed by atoms with E-state index in [1.807, 2.05) is 6.92 Å². The fraction of sp³-hybridized carbons (Fsp3) is 0.235. The first-order valence-corrected chi connectivity index (χ1v) is 9.05. The summed E-state index contributed by atoms with van der Waals surface area (Å²) < 4.78 is 46.4. The molecule has 0 saturated carbocycles. The van der Waals surface area contributed by atoms with Crippen molar-refractivity contribution in [3.63, 3.8) is 0 Å². The first-order valence-electron chi connectivity index (χ1n) is 7.65. The quantitative estimate of drug-likeness (QED) is 0.660. The number of nitrogens with zero attached hydrogens (tertiary/aromatic N) is 1. The van der Waals surface area contributed by atoms with Gasteiger partial charge in [0.2, 0.25) is 5.75 Å². The molecule has 1 aromatic heterocycles. The Kier molecular flexibility index (Phi) is 3.85. The Morgan fingerprint density at radius 3 is 2.80 bits per heavy atom. The maximum absolute atomic E-state index is 12.3. The molecule has 0 radical (unpaired) electrons. The van der Waals surface area contributed by atoms with E-state index in [9.17, 15) is 8.42 Å². The summed E-state index contributed by atoms with van der Waals surface area (Å²) in [5, 5.41) is 0. The van der Waals surface area contributed by atoms with Crippen LogP contribution in [0.3, 0.4) is 0 Å². The van der Waals surface area contributed by atoms with E-state index in [0.29, 0.717) is 22.6 Å². The molecule has 0 bridgehead atoms. The predicted molar refractivity (Wildman–Crippen MR) is 88.2 cm³/mol. The zero-order chi connectivity index (χ0) is 17.4. The van der Waals surface area contributed by atoms with Crippen LogP contribution in [-0.2, 0) is 14.3 Å². The summed E-state index contributed by atoms with van der Waals surface area (Å²) in [7, 11) is -3.86. The van der Waals surface area contributed by atoms with E-state index in [0.717, 1.165) is 5.56 Å². The molecule has 7 nitrogen and oxygen atoms in total. The van der Waals surface area contributed by atoms with Crippen molar-refractivity contribution in [1.29, 1.82) is 0 Å². The lowest BCUT2D eigenvalue weighted by molar-refractivity contribution is 0.0561. The maximum atomic E-state index is 12.3. The molecule has 0 N–H and O–H groups in total. The van der Waals surface area contributed by atoms with Crippen molar-refractivity contribution in [1.82, 2.24) is 4.98 Å². The number of hydrogen-bond donors (Lipinski definition) is 0. The molecule has 1 aliphatic heterocycles. The van der Waals surface area contributed by atoms with Gasteiger partial charge < -0.3 is 13.9 Å². The number of ether oxygens (including phenoxy) is 2. The summed E-state index contributed by atoms with van der Waals surface area (Å²) in [5.41, 5.74) is 2.07. The minimum absolute atomic E-state index is 0.104. The molecule has 8 heteroatoms. The van der Waals surface area contributed by atoms with Gasteiger partial charge in [-0.25, -0.2) is 4.98 Å². The van der Waals surface area contributed by atoms with Crippen molar-refractivity contribution in [3.05, 3.63) is 48.4 Å². The smallest absolute Gasteiger partial charge is 0.297 e. The van der Waals surface area contributed by atoms with Gasteiger partial charge in [-0.05, 0) is 31.2 Å². The van der Waals surface area contributed by atoms with Crippen LogP contribution in [0.15, 0.2) is 52.1 Å². The van der Waals surface area contributed by atoms with Crippen LogP contribution in [0.2, 0.25) is 0 Å². The monoisotopic (exact) mass is 361 g/mol. The Morgan fingerprint density at radius 2 is 2.00 bits per heavy atom. The fourth-order valence-corrected chi connectivity index (χ4v) is 3.45. The SMILES string of the molecule is Cc1ccc(S(=O)(=O)OC[C@H]2COc3ccc4ncoc4c3O2)cc1. The lowest BCUT2D eigenvalue weighted by Gasteiger charge is -2.25. The molecule has 0 spiro atoms. The summed E-state index contributed by atoms with van der Waals surface area (Å²) in [6, 6.07) is 9.95. The fourth-order valence-electron chi connectivity index (χ4n) is 2.51. The Hall–Kier alpha value is -2.58. The number of oxazole rings is 1. The Labute approximate surface area is 144 Å². The van der Waals surface area contributed by atoms with Gasteiger partial charge in [0.1, 0.15) is 18.7 Å². The van der Waals surface area contributed by atoms with E-state index < -0.39 is 16.2 Å². The van der Waals surface area contributed by atoms with Crippen LogP contribution < -0.4 is 9.47 Å². The Balaban J connectivity index is 1.49. The molecule has 1 aliphatic rings. The topological polar surface area (TPSA) is 87.9 Å². The summed E-state index contributed by atoms with van der Waals surface area (Å²) in [5.74, 6) is 0.935. The third-order valence-corrected chi connectivity index (χ3v) is 5.14. The summed E-state index contributed by atoms with van der Waals surface area (Å²) in [6.45, 7) is 1.89. The van der Waals surface area contributed by atoms with Crippen molar-refractivity contribution in [2.75, 3.05) is 13.2 Å². The Morgan fingerprint density at radius 1 is 1.20 bits per heavy atom. The molecular weight excluding hydrogens is 346 g/mol. The van der Waals surface area contributed by atoms with Crippen molar-refractivity contribution in [2.45, 2.75) is 17.9 Å². The summed E-state index contributed by atoms with van der Waals surface area (Å²) in [4.78, 5) is 4.16. The molecule has 0 amide bonds. The molecule has 25 heavy (non-hydrogen) atoms. The summed E-state index contributed by atoms with van der Waals surface area (Å²) in [6.07, 6.45) is 0.736. The van der Waals surface area contributed by atoms with Gasteiger partial charge >= 0.3 is 0 Å². The number of rotatable bonds is 4. The highest BCUT2D eigenvalue weighted by Gasteiger charge is 2.27.